The van der Waals surface area contributed by atoms with E-state index in [0.717, 1.165) is 48.6 Å². The lowest BCUT2D eigenvalue weighted by Gasteiger charge is -2.28. The molecule has 0 fully saturated rings. The van der Waals surface area contributed by atoms with E-state index >= 15 is 0 Å². The summed E-state index contributed by atoms with van der Waals surface area (Å²) in [7, 11) is 0. The molecule has 2 rings (SSSR count). The fourth-order valence-electron chi connectivity index (χ4n) is 2.50. The lowest BCUT2D eigenvalue weighted by Crippen LogP contribution is -2.25. The lowest BCUT2D eigenvalue weighted by molar-refractivity contribution is -0.136. The van der Waals surface area contributed by atoms with Crippen LogP contribution < -0.4 is 0 Å². The first-order valence-electron chi connectivity index (χ1n) is 7.92. The number of nitrogens with zero attached hydrogens (tertiary/aromatic N) is 2. The molecule has 0 N–H and O–H groups in total. The van der Waals surface area contributed by atoms with Gasteiger partial charge in [-0.15, -0.1) is 11.8 Å². The Morgan fingerprint density at radius 1 is 0.742 bits per heavy atom. The number of rotatable bonds is 6. The van der Waals surface area contributed by atoms with Crippen molar-refractivity contribution < 1.29 is 35.9 Å². The molecule has 0 aliphatic carbocycles. The normalized spacial score (nSPS) is 13.7. The van der Waals surface area contributed by atoms with Crippen LogP contribution in [0.2, 0.25) is 10.0 Å². The molecular weight excluding hydrogens is 493 g/mol. The minimum atomic E-state index is -5.17. The summed E-state index contributed by atoms with van der Waals surface area (Å²) >= 11 is 11.1. The molecule has 0 spiro atoms. The van der Waals surface area contributed by atoms with Crippen molar-refractivity contribution in [2.45, 2.75) is 22.9 Å². The van der Waals surface area contributed by atoms with Crippen LogP contribution in [0.3, 0.4) is 0 Å². The number of hydrogen-bond donors (Lipinski definition) is 0. The molecule has 0 aromatic heterocycles. The zero-order valence-corrected chi connectivity index (χ0v) is 17.1. The first-order valence-corrected chi connectivity index (χ1v) is 9.62. The van der Waals surface area contributed by atoms with Crippen LogP contribution in [0.4, 0.5) is 37.7 Å². The number of halogens is 8. The molecule has 0 aliphatic rings. The van der Waals surface area contributed by atoms with Crippen molar-refractivity contribution in [2.24, 2.45) is 9.98 Å². The first-order chi connectivity index (χ1) is 14.4. The highest BCUT2D eigenvalue weighted by Crippen LogP contribution is 2.57. The summed E-state index contributed by atoms with van der Waals surface area (Å²) < 4.78 is 82.9. The van der Waals surface area contributed by atoms with Gasteiger partial charge in [0.2, 0.25) is 12.2 Å². The van der Waals surface area contributed by atoms with Crippen LogP contribution in [0, 0.1) is 0 Å². The van der Waals surface area contributed by atoms with E-state index in [4.69, 9.17) is 23.2 Å². The molecule has 0 aliphatic heterocycles. The van der Waals surface area contributed by atoms with E-state index < -0.39 is 55.8 Å². The van der Waals surface area contributed by atoms with Crippen molar-refractivity contribution in [3.8, 4) is 0 Å². The topological polar surface area (TPSA) is 58.9 Å². The number of carbonyl (C=O) groups excluding carboxylic acids is 2. The summed E-state index contributed by atoms with van der Waals surface area (Å²) in [5, 5.41) is -6.48. The maximum Gasteiger partial charge on any atom is 0.404 e. The van der Waals surface area contributed by atoms with Crippen LogP contribution in [0.1, 0.15) is 21.6 Å². The fourth-order valence-corrected chi connectivity index (χ4v) is 4.34. The van der Waals surface area contributed by atoms with Crippen molar-refractivity contribution >= 4 is 58.5 Å². The SMILES string of the molecule is O=C=Nc1ccc(Cl)c(C(SC(c2cc(N=C=O)ccc2Cl)C(F)(F)F)C(F)(F)F)c1. The minimum Gasteiger partial charge on any atom is -0.211 e. The van der Waals surface area contributed by atoms with Crippen LogP contribution in [0.15, 0.2) is 46.4 Å². The van der Waals surface area contributed by atoms with E-state index in [-0.39, 0.29) is 11.4 Å². The molecule has 0 saturated carbocycles. The molecule has 2 aromatic rings. The molecular formula is C18H8Cl2F6N2O2S. The van der Waals surface area contributed by atoms with E-state index in [1.165, 1.54) is 0 Å². The van der Waals surface area contributed by atoms with Gasteiger partial charge in [0.05, 0.1) is 11.4 Å². The van der Waals surface area contributed by atoms with Crippen LogP contribution in [0.5, 0.6) is 0 Å². The second-order valence-electron chi connectivity index (χ2n) is 5.80. The highest BCUT2D eigenvalue weighted by molar-refractivity contribution is 7.99. The van der Waals surface area contributed by atoms with Crippen molar-refractivity contribution in [3.05, 3.63) is 57.6 Å². The average Bonchev–Trinajstić information content (AvgIpc) is 2.65. The molecule has 2 unspecified atom stereocenters. The van der Waals surface area contributed by atoms with Crippen LogP contribution >= 0.6 is 35.0 Å². The summed E-state index contributed by atoms with van der Waals surface area (Å²) in [5.41, 5.74) is -2.01. The van der Waals surface area contributed by atoms with E-state index in [1.807, 2.05) is 0 Å². The van der Waals surface area contributed by atoms with Gasteiger partial charge in [0.1, 0.15) is 10.5 Å². The Labute approximate surface area is 185 Å². The maximum atomic E-state index is 13.8. The Balaban J connectivity index is 2.66. The van der Waals surface area contributed by atoms with Crippen molar-refractivity contribution in [3.63, 3.8) is 0 Å². The maximum absolute atomic E-state index is 13.8. The van der Waals surface area contributed by atoms with Gasteiger partial charge in [0.25, 0.3) is 0 Å². The Morgan fingerprint density at radius 3 is 1.39 bits per heavy atom. The van der Waals surface area contributed by atoms with E-state index in [1.54, 1.807) is 0 Å². The molecule has 0 saturated heterocycles. The lowest BCUT2D eigenvalue weighted by atomic mass is 10.1. The minimum absolute atomic E-state index is 0.270. The first kappa shape index (κ1) is 25.0. The monoisotopic (exact) mass is 500 g/mol. The second-order valence-corrected chi connectivity index (χ2v) is 7.83. The van der Waals surface area contributed by atoms with Gasteiger partial charge in [0.15, 0.2) is 0 Å². The highest BCUT2D eigenvalue weighted by Gasteiger charge is 2.50. The quantitative estimate of drug-likeness (QED) is 0.233. The third kappa shape index (κ3) is 6.35. The van der Waals surface area contributed by atoms with Crippen LogP contribution in [0.25, 0.3) is 0 Å². The molecule has 2 atom stereocenters. The smallest absolute Gasteiger partial charge is 0.211 e. The standard InChI is InChI=1S/C18H8Cl2F6N2O2S/c19-13-3-1-9(27-7-29)5-11(13)15(17(21,22)23)31-16(18(24,25)26)12-6-10(28-8-30)2-4-14(12)20/h1-6,15-16H. The van der Waals surface area contributed by atoms with Gasteiger partial charge < -0.3 is 0 Å². The zero-order chi connectivity index (χ0) is 23.4. The molecule has 0 radical (unpaired) electrons. The van der Waals surface area contributed by atoms with E-state index in [9.17, 15) is 35.9 Å². The predicted octanol–water partition coefficient (Wildman–Crippen LogP) is 7.57. The summed E-state index contributed by atoms with van der Waals surface area (Å²) in [6.45, 7) is 0. The third-order valence-corrected chi connectivity index (χ3v) is 6.02. The number of thioether (sulfide) groups is 1. The summed E-state index contributed by atoms with van der Waals surface area (Å²) in [6.07, 6.45) is -8.09. The van der Waals surface area contributed by atoms with Gasteiger partial charge in [-0.1, -0.05) is 23.2 Å². The number of benzene rings is 2. The van der Waals surface area contributed by atoms with E-state index in [2.05, 4.69) is 9.98 Å². The molecule has 0 heterocycles. The van der Waals surface area contributed by atoms with Crippen LogP contribution in [-0.2, 0) is 9.59 Å². The Morgan fingerprint density at radius 2 is 1.10 bits per heavy atom. The molecule has 0 bridgehead atoms. The van der Waals surface area contributed by atoms with Gasteiger partial charge in [-0.25, -0.2) is 9.59 Å². The Kier molecular flexibility index (Phi) is 7.97. The number of isocyanates is 2. The summed E-state index contributed by atoms with van der Waals surface area (Å²) in [6, 6.07) is 5.66. The van der Waals surface area contributed by atoms with Crippen LogP contribution in [-0.4, -0.2) is 24.5 Å². The van der Waals surface area contributed by atoms with E-state index in [0.29, 0.717) is 0 Å². The number of alkyl halides is 6. The third-order valence-electron chi connectivity index (χ3n) is 3.74. The highest BCUT2D eigenvalue weighted by atomic mass is 35.5. The van der Waals surface area contributed by atoms with Gasteiger partial charge in [-0.3, -0.25) is 0 Å². The molecule has 13 heteroatoms. The average molecular weight is 501 g/mol. The predicted molar refractivity (Wildman–Crippen MR) is 104 cm³/mol. The number of aliphatic imine (C=N–C) groups is 2. The molecule has 164 valence electrons. The Bertz CT molecular complexity index is 980. The zero-order valence-electron chi connectivity index (χ0n) is 14.8. The van der Waals surface area contributed by atoms with Crippen molar-refractivity contribution in [2.75, 3.05) is 0 Å². The summed E-state index contributed by atoms with van der Waals surface area (Å²) in [5.74, 6) is 0. The Hall–Kier alpha value is -2.29. The van der Waals surface area contributed by atoms with Gasteiger partial charge in [-0.05, 0) is 47.5 Å². The fraction of sp³-hybridized carbons (Fsp3) is 0.222. The van der Waals surface area contributed by atoms with Gasteiger partial charge >= 0.3 is 12.4 Å². The molecule has 4 nitrogen and oxygen atoms in total. The molecule has 0 amide bonds. The second kappa shape index (κ2) is 9.89. The number of hydrogen-bond acceptors (Lipinski definition) is 5. The molecule has 2 aromatic carbocycles. The van der Waals surface area contributed by atoms with Crippen molar-refractivity contribution in [1.82, 2.24) is 0 Å². The van der Waals surface area contributed by atoms with Gasteiger partial charge in [0, 0.05) is 10.0 Å². The van der Waals surface area contributed by atoms with Gasteiger partial charge in [-0.2, -0.15) is 36.3 Å². The van der Waals surface area contributed by atoms with Crippen molar-refractivity contribution in [1.29, 1.82) is 0 Å². The summed E-state index contributed by atoms with van der Waals surface area (Å²) in [4.78, 5) is 27.1. The largest absolute Gasteiger partial charge is 0.404 e. The molecule has 31 heavy (non-hydrogen) atoms.